The maximum atomic E-state index is 10.5. The molecule has 0 saturated heterocycles. The van der Waals surface area contributed by atoms with E-state index in [0.29, 0.717) is 16.5 Å². The van der Waals surface area contributed by atoms with Crippen LogP contribution in [0.25, 0.3) is 6.08 Å². The molecule has 1 amide bonds. The Balaban J connectivity index is 2.35. The van der Waals surface area contributed by atoms with Crippen LogP contribution in [-0.2, 0) is 4.79 Å². The van der Waals surface area contributed by atoms with E-state index < -0.39 is 5.91 Å². The molecule has 0 aromatic heterocycles. The molecule has 0 aliphatic carbocycles. The van der Waals surface area contributed by atoms with Crippen molar-refractivity contribution >= 4 is 23.6 Å². The molecule has 5 heteroatoms. The van der Waals surface area contributed by atoms with Crippen LogP contribution in [0.5, 0.6) is 11.5 Å². The van der Waals surface area contributed by atoms with Gasteiger partial charge in [0.15, 0.2) is 11.5 Å². The van der Waals surface area contributed by atoms with Crippen molar-refractivity contribution in [2.24, 2.45) is 5.73 Å². The Kier molecular flexibility index (Phi) is 2.51. The second-order valence-electron chi connectivity index (χ2n) is 2.97. The molecule has 0 radical (unpaired) electrons. The lowest BCUT2D eigenvalue weighted by atomic mass is 10.2. The first-order chi connectivity index (χ1) is 7.16. The molecule has 0 saturated carbocycles. The third-order valence-electron chi connectivity index (χ3n) is 1.89. The molecule has 0 unspecified atom stereocenters. The first-order valence-electron chi connectivity index (χ1n) is 4.23. The molecule has 0 atom stereocenters. The van der Waals surface area contributed by atoms with E-state index in [4.69, 9.17) is 26.8 Å². The molecular weight excluding hydrogens is 218 g/mol. The van der Waals surface area contributed by atoms with Gasteiger partial charge in [-0.05, 0) is 23.8 Å². The summed E-state index contributed by atoms with van der Waals surface area (Å²) in [5.74, 6) is 0.600. The largest absolute Gasteiger partial charge is 0.454 e. The number of primary amides is 1. The van der Waals surface area contributed by atoms with Crippen LogP contribution in [0.1, 0.15) is 5.56 Å². The highest BCUT2D eigenvalue weighted by Crippen LogP contribution is 2.39. The standard InChI is InChI=1S/C10H8ClNO3/c11-7-3-6(1-2-9(12)13)4-8-10(7)15-5-14-8/h1-4H,5H2,(H2,12,13)/b2-1+. The highest BCUT2D eigenvalue weighted by Gasteiger charge is 2.17. The fourth-order valence-corrected chi connectivity index (χ4v) is 1.54. The van der Waals surface area contributed by atoms with Crippen molar-refractivity contribution < 1.29 is 14.3 Å². The zero-order chi connectivity index (χ0) is 10.8. The number of carbonyl (C=O) groups is 1. The van der Waals surface area contributed by atoms with Gasteiger partial charge in [0, 0.05) is 6.08 Å². The number of nitrogens with two attached hydrogens (primary N) is 1. The van der Waals surface area contributed by atoms with Crippen LogP contribution in [0.4, 0.5) is 0 Å². The van der Waals surface area contributed by atoms with E-state index in [1.165, 1.54) is 6.08 Å². The second kappa shape index (κ2) is 3.82. The highest BCUT2D eigenvalue weighted by atomic mass is 35.5. The van der Waals surface area contributed by atoms with Crippen molar-refractivity contribution in [3.63, 3.8) is 0 Å². The third-order valence-corrected chi connectivity index (χ3v) is 2.17. The summed E-state index contributed by atoms with van der Waals surface area (Å²) >= 11 is 5.94. The number of fused-ring (bicyclic) bond motifs is 1. The van der Waals surface area contributed by atoms with E-state index in [1.54, 1.807) is 18.2 Å². The number of benzene rings is 1. The lowest BCUT2D eigenvalue weighted by molar-refractivity contribution is -0.113. The summed E-state index contributed by atoms with van der Waals surface area (Å²) < 4.78 is 10.3. The first kappa shape index (κ1) is 9.86. The van der Waals surface area contributed by atoms with E-state index >= 15 is 0 Å². The predicted molar refractivity (Wildman–Crippen MR) is 55.8 cm³/mol. The van der Waals surface area contributed by atoms with Crippen LogP contribution in [-0.4, -0.2) is 12.7 Å². The molecule has 1 aliphatic heterocycles. The number of halogens is 1. The van der Waals surface area contributed by atoms with Crippen molar-refractivity contribution in [1.82, 2.24) is 0 Å². The minimum atomic E-state index is -0.510. The molecule has 1 aromatic rings. The van der Waals surface area contributed by atoms with Gasteiger partial charge in [0.05, 0.1) is 5.02 Å². The van der Waals surface area contributed by atoms with Gasteiger partial charge in [-0.3, -0.25) is 4.79 Å². The van der Waals surface area contributed by atoms with Gasteiger partial charge in [-0.25, -0.2) is 0 Å². The SMILES string of the molecule is NC(=O)/C=C/c1cc(Cl)c2c(c1)OCO2. The molecular formula is C10H8ClNO3. The molecule has 1 aromatic carbocycles. The minimum Gasteiger partial charge on any atom is -0.454 e. The van der Waals surface area contributed by atoms with Gasteiger partial charge in [0.2, 0.25) is 12.7 Å². The van der Waals surface area contributed by atoms with Crippen molar-refractivity contribution in [3.05, 3.63) is 28.8 Å². The number of hydrogen-bond donors (Lipinski definition) is 1. The summed E-state index contributed by atoms with van der Waals surface area (Å²) in [5, 5.41) is 0.453. The van der Waals surface area contributed by atoms with Crippen LogP contribution in [0.3, 0.4) is 0 Å². The summed E-state index contributed by atoms with van der Waals surface area (Å²) in [7, 11) is 0. The van der Waals surface area contributed by atoms with Gasteiger partial charge in [-0.2, -0.15) is 0 Å². The number of carbonyl (C=O) groups excluding carboxylic acids is 1. The molecule has 1 aliphatic rings. The lowest BCUT2D eigenvalue weighted by Gasteiger charge is -2.00. The summed E-state index contributed by atoms with van der Waals surface area (Å²) in [5.41, 5.74) is 5.72. The molecule has 2 rings (SSSR count). The fraction of sp³-hybridized carbons (Fsp3) is 0.100. The average molecular weight is 226 g/mol. The monoisotopic (exact) mass is 225 g/mol. The molecule has 0 fully saturated rings. The Morgan fingerprint density at radius 3 is 3.00 bits per heavy atom. The summed E-state index contributed by atoms with van der Waals surface area (Å²) in [6.45, 7) is 0.165. The van der Waals surface area contributed by atoms with E-state index in [-0.39, 0.29) is 6.79 Å². The Hall–Kier alpha value is -1.68. The van der Waals surface area contributed by atoms with E-state index in [2.05, 4.69) is 0 Å². The van der Waals surface area contributed by atoms with Gasteiger partial charge in [0.25, 0.3) is 0 Å². The van der Waals surface area contributed by atoms with Gasteiger partial charge >= 0.3 is 0 Å². The molecule has 4 nitrogen and oxygen atoms in total. The summed E-state index contributed by atoms with van der Waals surface area (Å²) in [4.78, 5) is 10.5. The molecule has 0 bridgehead atoms. The molecule has 0 spiro atoms. The zero-order valence-corrected chi connectivity index (χ0v) is 8.45. The minimum absolute atomic E-state index is 0.165. The van der Waals surface area contributed by atoms with Crippen LogP contribution >= 0.6 is 11.6 Å². The summed E-state index contributed by atoms with van der Waals surface area (Å²) in [6.07, 6.45) is 2.82. The van der Waals surface area contributed by atoms with Gasteiger partial charge in [-0.15, -0.1) is 0 Å². The summed E-state index contributed by atoms with van der Waals surface area (Å²) in [6, 6.07) is 3.40. The van der Waals surface area contributed by atoms with E-state index in [0.717, 1.165) is 5.56 Å². The highest BCUT2D eigenvalue weighted by molar-refractivity contribution is 6.32. The first-order valence-corrected chi connectivity index (χ1v) is 4.61. The van der Waals surface area contributed by atoms with Gasteiger partial charge in [-0.1, -0.05) is 11.6 Å². The maximum absolute atomic E-state index is 10.5. The van der Waals surface area contributed by atoms with E-state index in [9.17, 15) is 4.79 Å². The van der Waals surface area contributed by atoms with Crippen LogP contribution in [0.2, 0.25) is 5.02 Å². The molecule has 1 heterocycles. The lowest BCUT2D eigenvalue weighted by Crippen LogP contribution is -2.05. The van der Waals surface area contributed by atoms with Gasteiger partial charge < -0.3 is 15.2 Å². The Morgan fingerprint density at radius 1 is 1.47 bits per heavy atom. The number of hydrogen-bond acceptors (Lipinski definition) is 3. The maximum Gasteiger partial charge on any atom is 0.241 e. The topological polar surface area (TPSA) is 61.6 Å². The number of rotatable bonds is 2. The number of ether oxygens (including phenoxy) is 2. The van der Waals surface area contributed by atoms with E-state index in [1.807, 2.05) is 0 Å². The van der Waals surface area contributed by atoms with Crippen molar-refractivity contribution in [1.29, 1.82) is 0 Å². The fourth-order valence-electron chi connectivity index (χ4n) is 1.26. The predicted octanol–water partition coefficient (Wildman–Crippen LogP) is 1.57. The Morgan fingerprint density at radius 2 is 2.27 bits per heavy atom. The van der Waals surface area contributed by atoms with Crippen molar-refractivity contribution in [3.8, 4) is 11.5 Å². The average Bonchev–Trinajstić information content (AvgIpc) is 2.63. The quantitative estimate of drug-likeness (QED) is 0.777. The molecule has 2 N–H and O–H groups in total. The van der Waals surface area contributed by atoms with Crippen LogP contribution in [0, 0.1) is 0 Å². The Bertz CT molecular complexity index is 443. The zero-order valence-electron chi connectivity index (χ0n) is 7.70. The number of amides is 1. The van der Waals surface area contributed by atoms with Gasteiger partial charge in [0.1, 0.15) is 0 Å². The molecule has 15 heavy (non-hydrogen) atoms. The van der Waals surface area contributed by atoms with Crippen molar-refractivity contribution in [2.45, 2.75) is 0 Å². The van der Waals surface area contributed by atoms with Crippen LogP contribution < -0.4 is 15.2 Å². The normalized spacial score (nSPS) is 13.4. The Labute approximate surface area is 91.2 Å². The smallest absolute Gasteiger partial charge is 0.241 e. The molecule has 78 valence electrons. The third kappa shape index (κ3) is 2.05. The van der Waals surface area contributed by atoms with Crippen molar-refractivity contribution in [2.75, 3.05) is 6.79 Å². The second-order valence-corrected chi connectivity index (χ2v) is 3.38. The van der Waals surface area contributed by atoms with Crippen LogP contribution in [0.15, 0.2) is 18.2 Å².